The van der Waals surface area contributed by atoms with Crippen molar-refractivity contribution >= 4 is 5.91 Å². The second-order valence-electron chi connectivity index (χ2n) is 5.09. The van der Waals surface area contributed by atoms with Crippen molar-refractivity contribution in [2.75, 3.05) is 0 Å². The minimum Gasteiger partial charge on any atom is -0.366 e. The summed E-state index contributed by atoms with van der Waals surface area (Å²) in [6.07, 6.45) is 3.76. The van der Waals surface area contributed by atoms with E-state index >= 15 is 0 Å². The van der Waals surface area contributed by atoms with E-state index in [9.17, 15) is 4.79 Å². The van der Waals surface area contributed by atoms with Gasteiger partial charge in [0.2, 0.25) is 0 Å². The highest BCUT2D eigenvalue weighted by Crippen LogP contribution is 2.38. The van der Waals surface area contributed by atoms with Crippen molar-refractivity contribution in [1.82, 2.24) is 4.98 Å². The number of aromatic nitrogens is 1. The Morgan fingerprint density at radius 3 is 3.00 bits per heavy atom. The Morgan fingerprint density at radius 2 is 2.21 bits per heavy atom. The van der Waals surface area contributed by atoms with Gasteiger partial charge < -0.3 is 5.73 Å². The monoisotopic (exact) mass is 252 g/mol. The van der Waals surface area contributed by atoms with Gasteiger partial charge in [0.25, 0.3) is 5.91 Å². The van der Waals surface area contributed by atoms with Gasteiger partial charge in [-0.2, -0.15) is 0 Å². The molecule has 0 spiro atoms. The molecule has 1 amide bonds. The quantitative estimate of drug-likeness (QED) is 0.893. The lowest BCUT2D eigenvalue weighted by atomic mass is 9.93. The van der Waals surface area contributed by atoms with Crippen molar-refractivity contribution in [2.45, 2.75) is 25.7 Å². The highest BCUT2D eigenvalue weighted by atomic mass is 16.1. The fourth-order valence-electron chi connectivity index (χ4n) is 2.91. The third kappa shape index (κ3) is 2.01. The maximum absolute atomic E-state index is 11.5. The van der Waals surface area contributed by atoms with E-state index < -0.39 is 5.91 Å². The summed E-state index contributed by atoms with van der Waals surface area (Å²) < 4.78 is 0. The summed E-state index contributed by atoms with van der Waals surface area (Å²) in [5, 5.41) is 0. The summed E-state index contributed by atoms with van der Waals surface area (Å²) in [5.74, 6) is -0.206. The molecule has 1 aromatic heterocycles. The fourth-order valence-corrected chi connectivity index (χ4v) is 2.91. The van der Waals surface area contributed by atoms with Gasteiger partial charge in [0.05, 0.1) is 11.3 Å². The third-order valence-electron chi connectivity index (χ3n) is 3.81. The minimum absolute atomic E-state index is 0.193. The molecular weight excluding hydrogens is 236 g/mol. The number of fused-ring (bicyclic) bond motifs is 1. The average Bonchev–Trinajstić information content (AvgIpc) is 2.81. The summed E-state index contributed by atoms with van der Waals surface area (Å²) in [6, 6.07) is 10.0. The molecule has 19 heavy (non-hydrogen) atoms. The predicted molar refractivity (Wildman–Crippen MR) is 74.1 cm³/mol. The van der Waals surface area contributed by atoms with E-state index in [1.807, 2.05) is 0 Å². The van der Waals surface area contributed by atoms with Gasteiger partial charge >= 0.3 is 0 Å². The highest BCUT2D eigenvalue weighted by molar-refractivity contribution is 5.94. The maximum Gasteiger partial charge on any atom is 0.250 e. The van der Waals surface area contributed by atoms with Gasteiger partial charge in [-0.15, -0.1) is 0 Å². The Labute approximate surface area is 112 Å². The Morgan fingerprint density at radius 1 is 1.37 bits per heavy atom. The lowest BCUT2D eigenvalue weighted by Gasteiger charge is -2.14. The maximum atomic E-state index is 11.5. The number of hydrogen-bond donors (Lipinski definition) is 1. The number of rotatable bonds is 2. The number of benzene rings is 1. The SMILES string of the molecule is Cc1ccc2c(c1)[C@H](c1ncccc1C(N)=O)CC2. The third-order valence-corrected chi connectivity index (χ3v) is 3.81. The Balaban J connectivity index is 2.11. The van der Waals surface area contributed by atoms with Crippen LogP contribution in [0.4, 0.5) is 0 Å². The molecule has 2 aromatic rings. The largest absolute Gasteiger partial charge is 0.366 e. The van der Waals surface area contributed by atoms with Crippen LogP contribution in [-0.2, 0) is 6.42 Å². The van der Waals surface area contributed by atoms with Crippen LogP contribution in [-0.4, -0.2) is 10.9 Å². The van der Waals surface area contributed by atoms with Crippen molar-refractivity contribution in [3.8, 4) is 0 Å². The average molecular weight is 252 g/mol. The van der Waals surface area contributed by atoms with E-state index in [-0.39, 0.29) is 5.92 Å². The normalized spacial score (nSPS) is 17.2. The smallest absolute Gasteiger partial charge is 0.250 e. The first-order valence-electron chi connectivity index (χ1n) is 6.51. The number of pyridine rings is 1. The van der Waals surface area contributed by atoms with Gasteiger partial charge in [0.15, 0.2) is 0 Å². The van der Waals surface area contributed by atoms with E-state index in [1.54, 1.807) is 18.3 Å². The Bertz CT molecular complexity index is 649. The van der Waals surface area contributed by atoms with Crippen LogP contribution in [0.5, 0.6) is 0 Å². The Hall–Kier alpha value is -2.16. The minimum atomic E-state index is -0.399. The second kappa shape index (κ2) is 4.50. The molecule has 0 bridgehead atoms. The first kappa shape index (κ1) is 11.9. The van der Waals surface area contributed by atoms with Gasteiger partial charge in [-0.1, -0.05) is 23.8 Å². The van der Waals surface area contributed by atoms with Crippen LogP contribution in [0.15, 0.2) is 36.5 Å². The van der Waals surface area contributed by atoms with Gasteiger partial charge in [0.1, 0.15) is 0 Å². The van der Waals surface area contributed by atoms with E-state index in [4.69, 9.17) is 5.73 Å². The van der Waals surface area contributed by atoms with Crippen molar-refractivity contribution in [3.63, 3.8) is 0 Å². The molecule has 0 fully saturated rings. The van der Waals surface area contributed by atoms with Crippen molar-refractivity contribution in [1.29, 1.82) is 0 Å². The van der Waals surface area contributed by atoms with E-state index in [2.05, 4.69) is 30.1 Å². The number of nitrogens with zero attached hydrogens (tertiary/aromatic N) is 1. The summed E-state index contributed by atoms with van der Waals surface area (Å²) in [7, 11) is 0. The molecule has 3 rings (SSSR count). The molecule has 1 aliphatic rings. The van der Waals surface area contributed by atoms with Crippen molar-refractivity contribution in [3.05, 3.63) is 64.5 Å². The van der Waals surface area contributed by atoms with E-state index in [0.717, 1.165) is 18.5 Å². The van der Waals surface area contributed by atoms with Gasteiger partial charge in [-0.3, -0.25) is 9.78 Å². The number of amides is 1. The summed E-state index contributed by atoms with van der Waals surface area (Å²) in [5.41, 5.74) is 10.7. The Kier molecular flexibility index (Phi) is 2.82. The van der Waals surface area contributed by atoms with Crippen LogP contribution >= 0.6 is 0 Å². The first-order valence-corrected chi connectivity index (χ1v) is 6.51. The van der Waals surface area contributed by atoms with Crippen LogP contribution in [0, 0.1) is 6.92 Å². The second-order valence-corrected chi connectivity index (χ2v) is 5.09. The highest BCUT2D eigenvalue weighted by Gasteiger charge is 2.27. The predicted octanol–water partition coefficient (Wildman–Crippen LogP) is 2.57. The molecule has 1 aromatic carbocycles. The molecule has 3 heteroatoms. The summed E-state index contributed by atoms with van der Waals surface area (Å²) >= 11 is 0. The van der Waals surface area contributed by atoms with Gasteiger partial charge in [-0.05, 0) is 43.0 Å². The zero-order valence-electron chi connectivity index (χ0n) is 10.9. The van der Waals surface area contributed by atoms with Gasteiger partial charge in [-0.25, -0.2) is 0 Å². The van der Waals surface area contributed by atoms with Crippen LogP contribution < -0.4 is 5.73 Å². The molecule has 0 radical (unpaired) electrons. The molecule has 1 aliphatic carbocycles. The molecule has 0 saturated heterocycles. The lowest BCUT2D eigenvalue weighted by Crippen LogP contribution is -2.16. The molecule has 0 unspecified atom stereocenters. The van der Waals surface area contributed by atoms with Gasteiger partial charge in [0, 0.05) is 12.1 Å². The zero-order valence-corrected chi connectivity index (χ0v) is 10.9. The molecule has 0 saturated carbocycles. The number of nitrogens with two attached hydrogens (primary N) is 1. The van der Waals surface area contributed by atoms with E-state index in [1.165, 1.54) is 16.7 Å². The van der Waals surface area contributed by atoms with E-state index in [0.29, 0.717) is 5.56 Å². The number of carbonyl (C=O) groups is 1. The molecule has 2 N–H and O–H groups in total. The molecule has 1 heterocycles. The topological polar surface area (TPSA) is 56.0 Å². The van der Waals surface area contributed by atoms with Crippen LogP contribution in [0.2, 0.25) is 0 Å². The van der Waals surface area contributed by atoms with Crippen LogP contribution in [0.3, 0.4) is 0 Å². The molecular formula is C16H16N2O. The first-order chi connectivity index (χ1) is 9.16. The fraction of sp³-hybridized carbons (Fsp3) is 0.250. The summed E-state index contributed by atoms with van der Waals surface area (Å²) in [6.45, 7) is 2.09. The van der Waals surface area contributed by atoms with Crippen molar-refractivity contribution < 1.29 is 4.79 Å². The lowest BCUT2D eigenvalue weighted by molar-refractivity contribution is 0.0998. The van der Waals surface area contributed by atoms with Crippen LogP contribution in [0.1, 0.15) is 45.1 Å². The zero-order chi connectivity index (χ0) is 13.4. The molecule has 1 atom stereocenters. The van der Waals surface area contributed by atoms with Crippen LogP contribution in [0.25, 0.3) is 0 Å². The molecule has 0 aliphatic heterocycles. The molecule has 3 nitrogen and oxygen atoms in total. The number of carbonyl (C=O) groups excluding carboxylic acids is 1. The standard InChI is InChI=1S/C16H16N2O/c1-10-4-5-11-6-7-12(14(11)9-10)15-13(16(17)19)3-2-8-18-15/h2-5,8-9,12H,6-7H2,1H3,(H2,17,19)/t12-/m1/s1. The summed E-state index contributed by atoms with van der Waals surface area (Å²) in [4.78, 5) is 15.9. The molecule has 96 valence electrons. The number of aryl methyl sites for hydroxylation is 2. The number of primary amides is 1. The van der Waals surface area contributed by atoms with Crippen molar-refractivity contribution in [2.24, 2.45) is 5.73 Å². The number of hydrogen-bond acceptors (Lipinski definition) is 2.